The summed E-state index contributed by atoms with van der Waals surface area (Å²) in [6.45, 7) is 0. The number of aromatic nitrogens is 2. The highest BCUT2D eigenvalue weighted by atomic mass is 15.1. The van der Waals surface area contributed by atoms with Gasteiger partial charge in [0, 0.05) is 50.8 Å². The van der Waals surface area contributed by atoms with Crippen molar-refractivity contribution in [3.05, 3.63) is 176 Å². The first-order valence-electron chi connectivity index (χ1n) is 15.4. The summed E-state index contributed by atoms with van der Waals surface area (Å²) in [6, 6.07) is 60.9. The fraction of sp³-hybridized carbons (Fsp3) is 0. The summed E-state index contributed by atoms with van der Waals surface area (Å²) in [6.07, 6.45) is 2.19. The maximum atomic E-state index is 2.40. The van der Waals surface area contributed by atoms with Crippen molar-refractivity contribution in [3.8, 4) is 11.4 Å². The van der Waals surface area contributed by atoms with Gasteiger partial charge in [-0.05, 0) is 89.6 Å². The molecule has 0 aliphatic rings. The Morgan fingerprint density at radius 1 is 0.400 bits per heavy atom. The van der Waals surface area contributed by atoms with Crippen LogP contribution in [-0.2, 0) is 0 Å². The predicted octanol–water partition coefficient (Wildman–Crippen LogP) is 11.4. The van der Waals surface area contributed by atoms with E-state index in [4.69, 9.17) is 0 Å². The SMILES string of the molecule is c1ccc(N(c2ccc(-n3c4ccccc4c4c5c(ccc43)ccn5-c3ccccc3)cc2)c2ccc3ccccc3c2)cc1. The van der Waals surface area contributed by atoms with Crippen LogP contribution in [0.15, 0.2) is 176 Å². The van der Waals surface area contributed by atoms with Crippen LogP contribution in [-0.4, -0.2) is 9.13 Å². The lowest BCUT2D eigenvalue weighted by Crippen LogP contribution is -2.10. The Morgan fingerprint density at radius 3 is 1.87 bits per heavy atom. The van der Waals surface area contributed by atoms with Crippen LogP contribution in [0.3, 0.4) is 0 Å². The molecule has 0 radical (unpaired) electrons. The lowest BCUT2D eigenvalue weighted by Gasteiger charge is -2.26. The first kappa shape index (κ1) is 25.4. The third-order valence-corrected chi connectivity index (χ3v) is 8.89. The number of benzene rings is 7. The fourth-order valence-electron chi connectivity index (χ4n) is 6.85. The number of para-hydroxylation sites is 3. The Balaban J connectivity index is 1.22. The number of hydrogen-bond donors (Lipinski definition) is 0. The highest BCUT2D eigenvalue weighted by Gasteiger charge is 2.18. The van der Waals surface area contributed by atoms with Gasteiger partial charge in [0.1, 0.15) is 0 Å². The van der Waals surface area contributed by atoms with E-state index in [1.165, 1.54) is 43.5 Å². The summed E-state index contributed by atoms with van der Waals surface area (Å²) in [4.78, 5) is 2.33. The van der Waals surface area contributed by atoms with Gasteiger partial charge >= 0.3 is 0 Å². The average molecular weight is 576 g/mol. The molecule has 0 spiro atoms. The molecule has 0 amide bonds. The highest BCUT2D eigenvalue weighted by molar-refractivity contribution is 6.20. The molecular weight excluding hydrogens is 546 g/mol. The Labute approximate surface area is 261 Å². The van der Waals surface area contributed by atoms with Gasteiger partial charge in [0.2, 0.25) is 0 Å². The summed E-state index contributed by atoms with van der Waals surface area (Å²) in [5.74, 6) is 0. The predicted molar refractivity (Wildman–Crippen MR) is 190 cm³/mol. The van der Waals surface area contributed by atoms with Crippen molar-refractivity contribution in [3.63, 3.8) is 0 Å². The molecule has 3 heteroatoms. The van der Waals surface area contributed by atoms with E-state index in [0.29, 0.717) is 0 Å². The van der Waals surface area contributed by atoms with Gasteiger partial charge in [0.25, 0.3) is 0 Å². The lowest BCUT2D eigenvalue weighted by molar-refractivity contribution is 1.13. The third kappa shape index (κ3) is 4.13. The zero-order valence-electron chi connectivity index (χ0n) is 24.6. The normalized spacial score (nSPS) is 11.6. The molecule has 2 heterocycles. The largest absolute Gasteiger partial charge is 0.316 e. The van der Waals surface area contributed by atoms with Crippen LogP contribution in [0.5, 0.6) is 0 Å². The molecule has 0 bridgehead atoms. The van der Waals surface area contributed by atoms with E-state index in [2.05, 4.69) is 190 Å². The van der Waals surface area contributed by atoms with Crippen LogP contribution in [0.1, 0.15) is 0 Å². The zero-order valence-corrected chi connectivity index (χ0v) is 24.6. The van der Waals surface area contributed by atoms with Gasteiger partial charge in [-0.25, -0.2) is 0 Å². The smallest absolute Gasteiger partial charge is 0.0628 e. The topological polar surface area (TPSA) is 13.1 Å². The van der Waals surface area contributed by atoms with Crippen LogP contribution in [0.2, 0.25) is 0 Å². The standard InChI is InChI=1S/C42H29N3/c1-3-13-33(14-4-1)43-28-27-31-20-26-40-41(42(31)43)38-17-9-10-18-39(38)45(40)36-24-22-35(23-25-36)44(34-15-5-2-6-16-34)37-21-19-30-11-7-8-12-32(30)29-37/h1-29H. The van der Waals surface area contributed by atoms with Gasteiger partial charge in [-0.15, -0.1) is 0 Å². The molecule has 0 aliphatic heterocycles. The van der Waals surface area contributed by atoms with E-state index in [1.807, 2.05) is 0 Å². The van der Waals surface area contributed by atoms with Gasteiger partial charge < -0.3 is 14.0 Å². The van der Waals surface area contributed by atoms with Crippen LogP contribution in [0.25, 0.3) is 54.9 Å². The quantitative estimate of drug-likeness (QED) is 0.199. The second-order valence-electron chi connectivity index (χ2n) is 11.5. The van der Waals surface area contributed by atoms with Crippen molar-refractivity contribution in [2.45, 2.75) is 0 Å². The number of nitrogens with zero attached hydrogens (tertiary/aromatic N) is 3. The van der Waals surface area contributed by atoms with Gasteiger partial charge in [0.05, 0.1) is 16.6 Å². The summed E-state index contributed by atoms with van der Waals surface area (Å²) in [5, 5.41) is 6.22. The van der Waals surface area contributed by atoms with E-state index < -0.39 is 0 Å². The lowest BCUT2D eigenvalue weighted by atomic mass is 10.1. The summed E-state index contributed by atoms with van der Waals surface area (Å²) >= 11 is 0. The molecule has 9 rings (SSSR count). The molecular formula is C42H29N3. The summed E-state index contributed by atoms with van der Waals surface area (Å²) in [5.41, 5.74) is 9.29. The Kier molecular flexibility index (Phi) is 5.82. The van der Waals surface area contributed by atoms with Crippen LogP contribution >= 0.6 is 0 Å². The summed E-state index contributed by atoms with van der Waals surface area (Å²) in [7, 11) is 0. The average Bonchev–Trinajstić information content (AvgIpc) is 3.69. The molecule has 0 aliphatic carbocycles. The molecule has 0 saturated carbocycles. The maximum absolute atomic E-state index is 2.40. The molecule has 0 saturated heterocycles. The Hall–Kier alpha value is -6.06. The minimum Gasteiger partial charge on any atom is -0.316 e. The third-order valence-electron chi connectivity index (χ3n) is 8.89. The molecule has 45 heavy (non-hydrogen) atoms. The van der Waals surface area contributed by atoms with E-state index in [-0.39, 0.29) is 0 Å². The monoisotopic (exact) mass is 575 g/mol. The second-order valence-corrected chi connectivity index (χ2v) is 11.5. The molecule has 7 aromatic carbocycles. The van der Waals surface area contributed by atoms with Gasteiger partial charge in [-0.1, -0.05) is 91.0 Å². The fourth-order valence-corrected chi connectivity index (χ4v) is 6.85. The van der Waals surface area contributed by atoms with Crippen molar-refractivity contribution >= 4 is 60.5 Å². The van der Waals surface area contributed by atoms with Crippen molar-refractivity contribution in [2.24, 2.45) is 0 Å². The Morgan fingerprint density at radius 2 is 1.04 bits per heavy atom. The van der Waals surface area contributed by atoms with Crippen molar-refractivity contribution in [1.29, 1.82) is 0 Å². The first-order chi connectivity index (χ1) is 22.3. The van der Waals surface area contributed by atoms with E-state index in [1.54, 1.807) is 0 Å². The molecule has 0 atom stereocenters. The number of rotatable bonds is 5. The molecule has 212 valence electrons. The molecule has 0 unspecified atom stereocenters. The van der Waals surface area contributed by atoms with Crippen LogP contribution in [0.4, 0.5) is 17.1 Å². The van der Waals surface area contributed by atoms with E-state index >= 15 is 0 Å². The maximum Gasteiger partial charge on any atom is 0.0628 e. The van der Waals surface area contributed by atoms with Crippen LogP contribution < -0.4 is 4.90 Å². The van der Waals surface area contributed by atoms with E-state index in [9.17, 15) is 0 Å². The van der Waals surface area contributed by atoms with E-state index in [0.717, 1.165) is 28.4 Å². The van der Waals surface area contributed by atoms with Gasteiger partial charge in [0.15, 0.2) is 0 Å². The molecule has 9 aromatic rings. The molecule has 0 fully saturated rings. The molecule has 0 N–H and O–H groups in total. The van der Waals surface area contributed by atoms with Crippen molar-refractivity contribution < 1.29 is 0 Å². The molecule has 3 nitrogen and oxygen atoms in total. The molecule has 2 aromatic heterocycles. The zero-order chi connectivity index (χ0) is 29.7. The minimum atomic E-state index is 1.11. The Bertz CT molecular complexity index is 2470. The number of anilines is 3. The highest BCUT2D eigenvalue weighted by Crippen LogP contribution is 2.40. The summed E-state index contributed by atoms with van der Waals surface area (Å²) < 4.78 is 4.72. The van der Waals surface area contributed by atoms with Crippen molar-refractivity contribution in [1.82, 2.24) is 9.13 Å². The second kappa shape index (κ2) is 10.3. The van der Waals surface area contributed by atoms with Gasteiger partial charge in [-0.2, -0.15) is 0 Å². The van der Waals surface area contributed by atoms with Gasteiger partial charge in [-0.3, -0.25) is 0 Å². The number of hydrogen-bond acceptors (Lipinski definition) is 1. The minimum absolute atomic E-state index is 1.11. The number of fused-ring (bicyclic) bond motifs is 6. The van der Waals surface area contributed by atoms with Crippen molar-refractivity contribution in [2.75, 3.05) is 4.90 Å². The first-order valence-corrected chi connectivity index (χ1v) is 15.4. The van der Waals surface area contributed by atoms with Crippen LogP contribution in [0, 0.1) is 0 Å².